The number of nitrogens with two attached hydrogens (primary N) is 1. The van der Waals surface area contributed by atoms with Gasteiger partial charge in [0.05, 0.1) is 11.9 Å². The van der Waals surface area contributed by atoms with Crippen LogP contribution in [0, 0.1) is 5.92 Å². The lowest BCUT2D eigenvalue weighted by Gasteiger charge is -2.32. The van der Waals surface area contributed by atoms with Crippen molar-refractivity contribution in [3.8, 4) is 0 Å². The maximum absolute atomic E-state index is 5.64. The molecule has 2 heterocycles. The molecule has 1 aliphatic rings. The normalized spacial score (nSPS) is 17.7. The summed E-state index contributed by atoms with van der Waals surface area (Å²) in [5.41, 5.74) is 6.38. The summed E-state index contributed by atoms with van der Waals surface area (Å²) < 4.78 is 0. The lowest BCUT2D eigenvalue weighted by atomic mass is 9.92. The van der Waals surface area contributed by atoms with Crippen LogP contribution in [-0.4, -0.2) is 18.1 Å². The van der Waals surface area contributed by atoms with Crippen LogP contribution in [0.4, 0.5) is 11.5 Å². The number of pyridine rings is 1. The summed E-state index contributed by atoms with van der Waals surface area (Å²) in [4.78, 5) is 6.74. The summed E-state index contributed by atoms with van der Waals surface area (Å²) in [7, 11) is 0. The number of nitrogens with zero attached hydrogens (tertiary/aromatic N) is 2. The summed E-state index contributed by atoms with van der Waals surface area (Å²) in [5.74, 6) is 2.00. The van der Waals surface area contributed by atoms with Gasteiger partial charge in [0.15, 0.2) is 0 Å². The van der Waals surface area contributed by atoms with E-state index < -0.39 is 0 Å². The number of anilines is 2. The zero-order valence-electron chi connectivity index (χ0n) is 10.0. The second-order valence-corrected chi connectivity index (χ2v) is 4.67. The number of nitrogen functional groups attached to an aromatic ring is 1. The van der Waals surface area contributed by atoms with Gasteiger partial charge in [-0.25, -0.2) is 4.98 Å². The van der Waals surface area contributed by atoms with E-state index in [4.69, 9.17) is 5.73 Å². The molecular formula is C13H21N3. The van der Waals surface area contributed by atoms with E-state index in [1.54, 1.807) is 6.20 Å². The van der Waals surface area contributed by atoms with Gasteiger partial charge in [-0.3, -0.25) is 0 Å². The summed E-state index contributed by atoms with van der Waals surface area (Å²) in [5, 5.41) is 0. The van der Waals surface area contributed by atoms with E-state index in [1.165, 1.54) is 25.7 Å². The Morgan fingerprint density at radius 1 is 1.38 bits per heavy atom. The Hall–Kier alpha value is -1.25. The molecular weight excluding hydrogens is 198 g/mol. The van der Waals surface area contributed by atoms with Gasteiger partial charge >= 0.3 is 0 Å². The molecule has 1 fully saturated rings. The van der Waals surface area contributed by atoms with Crippen molar-refractivity contribution in [2.24, 2.45) is 5.92 Å². The average molecular weight is 219 g/mol. The summed E-state index contributed by atoms with van der Waals surface area (Å²) in [6.45, 7) is 4.55. The SMILES string of the molecule is CCCC1CCN(c2ccc(N)cn2)CC1. The number of piperidine rings is 1. The zero-order valence-corrected chi connectivity index (χ0v) is 10.0. The molecule has 0 spiro atoms. The molecule has 0 amide bonds. The fourth-order valence-electron chi connectivity index (χ4n) is 2.44. The lowest BCUT2D eigenvalue weighted by molar-refractivity contribution is 0.377. The number of hydrogen-bond acceptors (Lipinski definition) is 3. The van der Waals surface area contributed by atoms with E-state index in [1.807, 2.05) is 12.1 Å². The highest BCUT2D eigenvalue weighted by atomic mass is 15.2. The van der Waals surface area contributed by atoms with E-state index in [2.05, 4.69) is 16.8 Å². The molecule has 1 aromatic rings. The van der Waals surface area contributed by atoms with E-state index in [0.29, 0.717) is 0 Å². The molecule has 2 rings (SSSR count). The highest BCUT2D eigenvalue weighted by molar-refractivity contribution is 5.45. The van der Waals surface area contributed by atoms with E-state index >= 15 is 0 Å². The Morgan fingerprint density at radius 2 is 2.12 bits per heavy atom. The van der Waals surface area contributed by atoms with Crippen LogP contribution in [0.3, 0.4) is 0 Å². The molecule has 3 nitrogen and oxygen atoms in total. The van der Waals surface area contributed by atoms with Gasteiger partial charge < -0.3 is 10.6 Å². The fourth-order valence-corrected chi connectivity index (χ4v) is 2.44. The van der Waals surface area contributed by atoms with Gasteiger partial charge in [0.25, 0.3) is 0 Å². The third kappa shape index (κ3) is 2.65. The van der Waals surface area contributed by atoms with Crippen molar-refractivity contribution in [3.05, 3.63) is 18.3 Å². The van der Waals surface area contributed by atoms with Crippen molar-refractivity contribution in [3.63, 3.8) is 0 Å². The Kier molecular flexibility index (Phi) is 3.65. The third-order valence-electron chi connectivity index (χ3n) is 3.41. The topological polar surface area (TPSA) is 42.1 Å². The van der Waals surface area contributed by atoms with Crippen LogP contribution in [-0.2, 0) is 0 Å². The lowest BCUT2D eigenvalue weighted by Crippen LogP contribution is -2.34. The average Bonchev–Trinajstić information content (AvgIpc) is 2.32. The monoisotopic (exact) mass is 219 g/mol. The molecule has 0 aromatic carbocycles. The van der Waals surface area contributed by atoms with Gasteiger partial charge in [-0.1, -0.05) is 19.8 Å². The molecule has 88 valence electrons. The highest BCUT2D eigenvalue weighted by Crippen LogP contribution is 2.24. The first kappa shape index (κ1) is 11.2. The Bertz CT molecular complexity index is 312. The van der Waals surface area contributed by atoms with Gasteiger partial charge in [0, 0.05) is 13.1 Å². The summed E-state index contributed by atoms with van der Waals surface area (Å²) in [6.07, 6.45) is 7.04. The van der Waals surface area contributed by atoms with Crippen LogP contribution >= 0.6 is 0 Å². The number of rotatable bonds is 3. The molecule has 2 N–H and O–H groups in total. The quantitative estimate of drug-likeness (QED) is 0.850. The van der Waals surface area contributed by atoms with E-state index in [0.717, 1.165) is 30.5 Å². The molecule has 0 unspecified atom stereocenters. The van der Waals surface area contributed by atoms with Crippen LogP contribution in [0.15, 0.2) is 18.3 Å². The van der Waals surface area contributed by atoms with Crippen molar-refractivity contribution in [1.29, 1.82) is 0 Å². The molecule has 0 radical (unpaired) electrons. The molecule has 1 saturated heterocycles. The zero-order chi connectivity index (χ0) is 11.4. The van der Waals surface area contributed by atoms with Gasteiger partial charge in [-0.2, -0.15) is 0 Å². The van der Waals surface area contributed by atoms with Crippen molar-refractivity contribution < 1.29 is 0 Å². The Morgan fingerprint density at radius 3 is 2.69 bits per heavy atom. The largest absolute Gasteiger partial charge is 0.397 e. The predicted molar refractivity (Wildman–Crippen MR) is 68.5 cm³/mol. The maximum Gasteiger partial charge on any atom is 0.128 e. The number of hydrogen-bond donors (Lipinski definition) is 1. The minimum absolute atomic E-state index is 0.740. The molecule has 3 heteroatoms. The van der Waals surface area contributed by atoms with Gasteiger partial charge in [-0.05, 0) is 30.9 Å². The van der Waals surface area contributed by atoms with Crippen LogP contribution in [0.5, 0.6) is 0 Å². The molecule has 16 heavy (non-hydrogen) atoms. The third-order valence-corrected chi connectivity index (χ3v) is 3.41. The molecule has 0 saturated carbocycles. The van der Waals surface area contributed by atoms with E-state index in [-0.39, 0.29) is 0 Å². The summed E-state index contributed by atoms with van der Waals surface area (Å²) in [6, 6.07) is 3.95. The van der Waals surface area contributed by atoms with Crippen molar-refractivity contribution in [1.82, 2.24) is 4.98 Å². The van der Waals surface area contributed by atoms with Crippen LogP contribution in [0.25, 0.3) is 0 Å². The molecule has 1 aliphatic heterocycles. The molecule has 0 bridgehead atoms. The first-order chi connectivity index (χ1) is 7.79. The van der Waals surface area contributed by atoms with Crippen LogP contribution in [0.1, 0.15) is 32.6 Å². The van der Waals surface area contributed by atoms with Gasteiger partial charge in [-0.15, -0.1) is 0 Å². The Labute approximate surface area is 97.7 Å². The predicted octanol–water partition coefficient (Wildman–Crippen LogP) is 2.68. The highest BCUT2D eigenvalue weighted by Gasteiger charge is 2.19. The minimum Gasteiger partial charge on any atom is -0.397 e. The molecule has 0 atom stereocenters. The minimum atomic E-state index is 0.740. The van der Waals surface area contributed by atoms with Crippen molar-refractivity contribution in [2.45, 2.75) is 32.6 Å². The molecule has 1 aromatic heterocycles. The van der Waals surface area contributed by atoms with Crippen LogP contribution < -0.4 is 10.6 Å². The maximum atomic E-state index is 5.64. The smallest absolute Gasteiger partial charge is 0.128 e. The van der Waals surface area contributed by atoms with Gasteiger partial charge in [0.1, 0.15) is 5.82 Å². The molecule has 0 aliphatic carbocycles. The fraction of sp³-hybridized carbons (Fsp3) is 0.615. The van der Waals surface area contributed by atoms with E-state index in [9.17, 15) is 0 Å². The number of aromatic nitrogens is 1. The van der Waals surface area contributed by atoms with Crippen LogP contribution in [0.2, 0.25) is 0 Å². The van der Waals surface area contributed by atoms with Crippen molar-refractivity contribution in [2.75, 3.05) is 23.7 Å². The van der Waals surface area contributed by atoms with Crippen molar-refractivity contribution >= 4 is 11.5 Å². The second kappa shape index (κ2) is 5.19. The second-order valence-electron chi connectivity index (χ2n) is 4.67. The first-order valence-electron chi connectivity index (χ1n) is 6.26. The summed E-state index contributed by atoms with van der Waals surface area (Å²) >= 11 is 0. The standard InChI is InChI=1S/C13H21N3/c1-2-3-11-6-8-16(9-7-11)13-5-4-12(14)10-15-13/h4-5,10-11H,2-3,6-9,14H2,1H3. The Balaban J connectivity index is 1.91. The van der Waals surface area contributed by atoms with Gasteiger partial charge in [0.2, 0.25) is 0 Å². The first-order valence-corrected chi connectivity index (χ1v) is 6.26.